The van der Waals surface area contributed by atoms with Crippen molar-refractivity contribution in [1.29, 1.82) is 0 Å². The lowest BCUT2D eigenvalue weighted by atomic mass is 10.1. The van der Waals surface area contributed by atoms with Gasteiger partial charge in [0.25, 0.3) is 0 Å². The molecule has 1 aromatic rings. The number of carbonyl (C=O) groups is 1. The van der Waals surface area contributed by atoms with E-state index >= 15 is 0 Å². The van der Waals surface area contributed by atoms with E-state index in [-0.39, 0.29) is 18.6 Å². The highest BCUT2D eigenvalue weighted by Gasteiger charge is 2.39. The fourth-order valence-electron chi connectivity index (χ4n) is 2.89. The van der Waals surface area contributed by atoms with Crippen LogP contribution >= 0.6 is 0 Å². The smallest absolute Gasteiger partial charge is 0.249 e. The van der Waals surface area contributed by atoms with Crippen LogP contribution in [0, 0.1) is 0 Å². The summed E-state index contributed by atoms with van der Waals surface area (Å²) in [7, 11) is 0. The van der Waals surface area contributed by atoms with Gasteiger partial charge in [-0.05, 0) is 24.8 Å². The van der Waals surface area contributed by atoms with E-state index in [2.05, 4.69) is 12.1 Å². The Morgan fingerprint density at radius 3 is 2.88 bits per heavy atom. The molecule has 3 nitrogen and oxygen atoms in total. The second-order valence-corrected chi connectivity index (χ2v) is 4.85. The van der Waals surface area contributed by atoms with Crippen LogP contribution in [0.5, 0.6) is 0 Å². The fourth-order valence-corrected chi connectivity index (χ4v) is 2.89. The number of hydrogen-bond acceptors (Lipinski definition) is 2. The minimum atomic E-state index is 0.136. The van der Waals surface area contributed by atoms with Gasteiger partial charge >= 0.3 is 0 Å². The van der Waals surface area contributed by atoms with Gasteiger partial charge in [0, 0.05) is 6.54 Å². The van der Waals surface area contributed by atoms with E-state index in [9.17, 15) is 4.79 Å². The SMILES string of the molecule is O=C1CO[C@H]2CCC[C@@H]2N1Cc1ccccc1. The summed E-state index contributed by atoms with van der Waals surface area (Å²) >= 11 is 0. The molecule has 0 aromatic heterocycles. The van der Waals surface area contributed by atoms with Crippen LogP contribution in [0.2, 0.25) is 0 Å². The van der Waals surface area contributed by atoms with Crippen LogP contribution in [0.1, 0.15) is 24.8 Å². The molecule has 1 amide bonds. The third-order valence-electron chi connectivity index (χ3n) is 3.75. The predicted octanol–water partition coefficient (Wildman–Crippen LogP) is 1.97. The highest BCUT2D eigenvalue weighted by molar-refractivity contribution is 5.78. The molecule has 3 heteroatoms. The molecule has 17 heavy (non-hydrogen) atoms. The summed E-state index contributed by atoms with van der Waals surface area (Å²) in [4.78, 5) is 14.0. The summed E-state index contributed by atoms with van der Waals surface area (Å²) < 4.78 is 5.59. The first-order valence-electron chi connectivity index (χ1n) is 6.29. The number of amides is 1. The first kappa shape index (κ1) is 10.8. The van der Waals surface area contributed by atoms with E-state index in [0.717, 1.165) is 19.4 Å². The van der Waals surface area contributed by atoms with Crippen molar-refractivity contribution in [2.24, 2.45) is 0 Å². The monoisotopic (exact) mass is 231 g/mol. The number of nitrogens with zero attached hydrogens (tertiary/aromatic N) is 1. The number of rotatable bonds is 2. The number of fused-ring (bicyclic) bond motifs is 1. The molecule has 2 aliphatic rings. The van der Waals surface area contributed by atoms with Gasteiger partial charge in [-0.3, -0.25) is 4.79 Å². The second kappa shape index (κ2) is 4.49. The maximum absolute atomic E-state index is 11.9. The van der Waals surface area contributed by atoms with Crippen LogP contribution in [0.15, 0.2) is 30.3 Å². The quantitative estimate of drug-likeness (QED) is 0.778. The molecule has 1 aromatic carbocycles. The van der Waals surface area contributed by atoms with Crippen molar-refractivity contribution in [3.05, 3.63) is 35.9 Å². The molecule has 3 rings (SSSR count). The highest BCUT2D eigenvalue weighted by Crippen LogP contribution is 2.31. The van der Waals surface area contributed by atoms with Crippen LogP contribution in [0.4, 0.5) is 0 Å². The van der Waals surface area contributed by atoms with Gasteiger partial charge in [-0.15, -0.1) is 0 Å². The van der Waals surface area contributed by atoms with Gasteiger partial charge in [-0.2, -0.15) is 0 Å². The second-order valence-electron chi connectivity index (χ2n) is 4.85. The Morgan fingerprint density at radius 2 is 2.06 bits per heavy atom. The minimum absolute atomic E-state index is 0.136. The standard InChI is InChI=1S/C14H17NO2/c16-14-10-17-13-8-4-7-12(13)15(14)9-11-5-2-1-3-6-11/h1-3,5-6,12-13H,4,7-10H2/t12-,13-/m0/s1. The molecular weight excluding hydrogens is 214 g/mol. The Kier molecular flexibility index (Phi) is 2.85. The van der Waals surface area contributed by atoms with Gasteiger partial charge in [0.15, 0.2) is 0 Å². The van der Waals surface area contributed by atoms with Crippen molar-refractivity contribution < 1.29 is 9.53 Å². The number of ether oxygens (including phenoxy) is 1. The summed E-state index contributed by atoms with van der Waals surface area (Å²) in [6.07, 6.45) is 3.64. The maximum Gasteiger partial charge on any atom is 0.249 e. The molecule has 0 radical (unpaired) electrons. The summed E-state index contributed by atoms with van der Waals surface area (Å²) in [6.45, 7) is 0.984. The van der Waals surface area contributed by atoms with Gasteiger partial charge in [-0.1, -0.05) is 30.3 Å². The highest BCUT2D eigenvalue weighted by atomic mass is 16.5. The van der Waals surface area contributed by atoms with E-state index in [1.165, 1.54) is 12.0 Å². The zero-order chi connectivity index (χ0) is 11.7. The zero-order valence-corrected chi connectivity index (χ0v) is 9.84. The molecule has 0 N–H and O–H groups in total. The number of benzene rings is 1. The van der Waals surface area contributed by atoms with E-state index < -0.39 is 0 Å². The summed E-state index contributed by atoms with van der Waals surface area (Å²) in [5.41, 5.74) is 1.20. The normalized spacial score (nSPS) is 28.2. The van der Waals surface area contributed by atoms with Crippen LogP contribution in [-0.2, 0) is 16.1 Å². The molecule has 1 aliphatic heterocycles. The Hall–Kier alpha value is -1.35. The largest absolute Gasteiger partial charge is 0.366 e. The number of morpholine rings is 1. The predicted molar refractivity (Wildman–Crippen MR) is 64.4 cm³/mol. The molecule has 0 unspecified atom stereocenters. The topological polar surface area (TPSA) is 29.5 Å². The molecule has 2 fully saturated rings. The van der Waals surface area contributed by atoms with Crippen LogP contribution in [0.25, 0.3) is 0 Å². The molecule has 1 aliphatic carbocycles. The van der Waals surface area contributed by atoms with Crippen LogP contribution in [0.3, 0.4) is 0 Å². The van der Waals surface area contributed by atoms with E-state index in [1.807, 2.05) is 23.1 Å². The summed E-state index contributed by atoms with van der Waals surface area (Å²) in [5.74, 6) is 0.136. The fraction of sp³-hybridized carbons (Fsp3) is 0.500. The Labute approximate surface area is 101 Å². The van der Waals surface area contributed by atoms with Crippen molar-refractivity contribution in [2.75, 3.05) is 6.61 Å². The van der Waals surface area contributed by atoms with Crippen LogP contribution in [-0.4, -0.2) is 29.6 Å². The first-order chi connectivity index (χ1) is 8.34. The molecule has 90 valence electrons. The van der Waals surface area contributed by atoms with E-state index in [0.29, 0.717) is 6.04 Å². The molecule has 0 bridgehead atoms. The molecule has 1 saturated carbocycles. The molecular formula is C14H17NO2. The lowest BCUT2D eigenvalue weighted by molar-refractivity contribution is -0.155. The van der Waals surface area contributed by atoms with E-state index in [1.54, 1.807) is 0 Å². The third-order valence-corrected chi connectivity index (χ3v) is 3.75. The Bertz CT molecular complexity index is 404. The maximum atomic E-state index is 11.9. The molecule has 0 spiro atoms. The van der Waals surface area contributed by atoms with Crippen molar-refractivity contribution in [3.63, 3.8) is 0 Å². The van der Waals surface area contributed by atoms with Crippen molar-refractivity contribution in [1.82, 2.24) is 4.90 Å². The lowest BCUT2D eigenvalue weighted by Crippen LogP contribution is -2.51. The van der Waals surface area contributed by atoms with Gasteiger partial charge in [-0.25, -0.2) is 0 Å². The van der Waals surface area contributed by atoms with Gasteiger partial charge in [0.05, 0.1) is 12.1 Å². The van der Waals surface area contributed by atoms with Gasteiger partial charge < -0.3 is 9.64 Å². The number of carbonyl (C=O) groups excluding carboxylic acids is 1. The zero-order valence-electron chi connectivity index (χ0n) is 9.84. The van der Waals surface area contributed by atoms with E-state index in [4.69, 9.17) is 4.74 Å². The van der Waals surface area contributed by atoms with Crippen molar-refractivity contribution >= 4 is 5.91 Å². The average molecular weight is 231 g/mol. The molecule has 1 heterocycles. The summed E-state index contributed by atoms with van der Waals surface area (Å²) in [5, 5.41) is 0. The third kappa shape index (κ3) is 2.07. The minimum Gasteiger partial charge on any atom is -0.366 e. The van der Waals surface area contributed by atoms with Crippen molar-refractivity contribution in [2.45, 2.75) is 38.0 Å². The van der Waals surface area contributed by atoms with Gasteiger partial charge in [0.2, 0.25) is 5.91 Å². The average Bonchev–Trinajstić information content (AvgIpc) is 2.83. The summed E-state index contributed by atoms with van der Waals surface area (Å²) in [6, 6.07) is 10.5. The van der Waals surface area contributed by atoms with Crippen molar-refractivity contribution in [3.8, 4) is 0 Å². The van der Waals surface area contributed by atoms with Gasteiger partial charge in [0.1, 0.15) is 6.61 Å². The molecule has 2 atom stereocenters. The molecule has 1 saturated heterocycles. The Balaban J connectivity index is 1.78. The van der Waals surface area contributed by atoms with Crippen LogP contribution < -0.4 is 0 Å². The Morgan fingerprint density at radius 1 is 1.24 bits per heavy atom. The number of hydrogen-bond donors (Lipinski definition) is 0. The lowest BCUT2D eigenvalue weighted by Gasteiger charge is -2.37. The first-order valence-corrected chi connectivity index (χ1v) is 6.29.